The summed E-state index contributed by atoms with van der Waals surface area (Å²) in [4.78, 5) is 68.4. The van der Waals surface area contributed by atoms with Crippen LogP contribution in [0.4, 0.5) is 11.8 Å². The summed E-state index contributed by atoms with van der Waals surface area (Å²) >= 11 is 0. The van der Waals surface area contributed by atoms with Crippen molar-refractivity contribution in [2.45, 2.75) is 45.1 Å². The van der Waals surface area contributed by atoms with Crippen LogP contribution in [0.3, 0.4) is 0 Å². The zero-order chi connectivity index (χ0) is 34.9. The van der Waals surface area contributed by atoms with E-state index in [1.165, 1.54) is 0 Å². The number of hydrogen-bond acceptors (Lipinski definition) is 7. The summed E-state index contributed by atoms with van der Waals surface area (Å²) in [5.41, 5.74) is 4.11. The van der Waals surface area contributed by atoms with Gasteiger partial charge in [-0.1, -0.05) is 73.7 Å². The third kappa shape index (κ3) is 8.54. The molecule has 1 aliphatic rings. The van der Waals surface area contributed by atoms with E-state index in [2.05, 4.69) is 25.6 Å². The van der Waals surface area contributed by atoms with E-state index in [9.17, 15) is 19.2 Å². The summed E-state index contributed by atoms with van der Waals surface area (Å²) in [5, 5.41) is 6.46. The Labute approximate surface area is 290 Å². The first-order valence-electron chi connectivity index (χ1n) is 16.9. The van der Waals surface area contributed by atoms with E-state index in [0.29, 0.717) is 30.8 Å². The van der Waals surface area contributed by atoms with Gasteiger partial charge >= 0.3 is 0 Å². The number of rotatable bonds is 12. The molecular formula is C39H39N7O4. The second-order valence-corrected chi connectivity index (χ2v) is 12.3. The Morgan fingerprint density at radius 3 is 2.22 bits per heavy atom. The van der Waals surface area contributed by atoms with Gasteiger partial charge in [0.1, 0.15) is 11.9 Å². The van der Waals surface area contributed by atoms with Gasteiger partial charge in [0.2, 0.25) is 29.6 Å². The van der Waals surface area contributed by atoms with Crippen molar-refractivity contribution in [2.75, 3.05) is 30.3 Å². The van der Waals surface area contributed by atoms with Gasteiger partial charge in [-0.3, -0.25) is 24.5 Å². The average molecular weight is 670 g/mol. The van der Waals surface area contributed by atoms with Crippen molar-refractivity contribution in [3.63, 3.8) is 0 Å². The highest BCUT2D eigenvalue weighted by Crippen LogP contribution is 2.25. The van der Waals surface area contributed by atoms with Crippen LogP contribution in [0.2, 0.25) is 0 Å². The Kier molecular flexibility index (Phi) is 10.8. The van der Waals surface area contributed by atoms with Crippen LogP contribution in [0.25, 0.3) is 22.0 Å². The van der Waals surface area contributed by atoms with Crippen molar-refractivity contribution in [3.8, 4) is 11.1 Å². The Hall–Kier alpha value is -5.97. The molecule has 50 heavy (non-hydrogen) atoms. The Balaban J connectivity index is 1.05. The minimum absolute atomic E-state index is 0.0584. The van der Waals surface area contributed by atoms with E-state index < -0.39 is 6.04 Å². The van der Waals surface area contributed by atoms with Crippen LogP contribution in [0, 0.1) is 0 Å². The third-order valence-electron chi connectivity index (χ3n) is 8.63. The van der Waals surface area contributed by atoms with Gasteiger partial charge in [-0.05, 0) is 60.2 Å². The summed E-state index contributed by atoms with van der Waals surface area (Å²) in [5.74, 6) is -0.218. The number of anilines is 2. The van der Waals surface area contributed by atoms with E-state index in [1.807, 2.05) is 91.9 Å². The van der Waals surface area contributed by atoms with E-state index >= 15 is 0 Å². The fourth-order valence-corrected chi connectivity index (χ4v) is 6.12. The van der Waals surface area contributed by atoms with Gasteiger partial charge in [0.05, 0.1) is 24.9 Å². The number of carbonyl (C=O) groups is 4. The first-order chi connectivity index (χ1) is 24.4. The number of carbonyl (C=O) groups excluding carboxylic acids is 4. The molecular weight excluding hydrogens is 630 g/mol. The Bertz CT molecular complexity index is 1970. The maximum atomic E-state index is 13.2. The summed E-state index contributed by atoms with van der Waals surface area (Å²) in [6.45, 7) is 2.91. The minimum Gasteiger partial charge on any atom is -0.333 e. The highest BCUT2D eigenvalue weighted by atomic mass is 16.2. The number of nitrogens with one attached hydrogen (secondary N) is 2. The first kappa shape index (κ1) is 33.9. The Morgan fingerprint density at radius 2 is 1.52 bits per heavy atom. The molecule has 1 atom stereocenters. The van der Waals surface area contributed by atoms with Crippen LogP contribution in [0.5, 0.6) is 0 Å². The smallest absolute Gasteiger partial charge is 0.248 e. The maximum Gasteiger partial charge on any atom is 0.248 e. The predicted molar refractivity (Wildman–Crippen MR) is 192 cm³/mol. The molecule has 0 bridgehead atoms. The fourth-order valence-electron chi connectivity index (χ4n) is 6.12. The Morgan fingerprint density at radius 1 is 0.820 bits per heavy atom. The third-order valence-corrected chi connectivity index (χ3v) is 8.63. The quantitative estimate of drug-likeness (QED) is 0.184. The lowest BCUT2D eigenvalue weighted by atomic mass is 10.1. The molecule has 2 N–H and O–H groups in total. The van der Waals surface area contributed by atoms with Crippen LogP contribution in [0.1, 0.15) is 37.3 Å². The molecule has 6 rings (SSSR count). The van der Waals surface area contributed by atoms with E-state index in [0.717, 1.165) is 40.5 Å². The molecule has 0 radical (unpaired) electrons. The number of fused-ring (bicyclic) bond motifs is 1. The minimum atomic E-state index is -0.531. The zero-order valence-electron chi connectivity index (χ0n) is 27.9. The van der Waals surface area contributed by atoms with Gasteiger partial charge in [0.15, 0.2) is 0 Å². The number of aromatic nitrogens is 3. The number of pyridine rings is 1. The number of hydrogen-bond donors (Lipinski definition) is 2. The zero-order valence-corrected chi connectivity index (χ0v) is 27.9. The molecule has 5 aromatic rings. The van der Waals surface area contributed by atoms with Crippen molar-refractivity contribution in [1.29, 1.82) is 0 Å². The lowest BCUT2D eigenvalue weighted by Gasteiger charge is -2.24. The molecule has 254 valence electrons. The van der Waals surface area contributed by atoms with Crippen LogP contribution < -0.4 is 10.6 Å². The lowest BCUT2D eigenvalue weighted by molar-refractivity contribution is -0.136. The summed E-state index contributed by atoms with van der Waals surface area (Å²) in [6, 6.07) is 27.8. The van der Waals surface area contributed by atoms with Gasteiger partial charge in [-0.25, -0.2) is 15.0 Å². The topological polar surface area (TPSA) is 137 Å². The monoisotopic (exact) mass is 669 g/mol. The normalized spacial score (nSPS) is 13.9. The molecule has 4 amide bonds. The molecule has 3 aromatic carbocycles. The molecule has 11 nitrogen and oxygen atoms in total. The second kappa shape index (κ2) is 16.0. The summed E-state index contributed by atoms with van der Waals surface area (Å²) in [7, 11) is 0. The summed E-state index contributed by atoms with van der Waals surface area (Å²) < 4.78 is 0. The number of nitrogens with zero attached hydrogens (tertiary/aromatic N) is 5. The van der Waals surface area contributed by atoms with Crippen molar-refractivity contribution >= 4 is 46.3 Å². The standard InChI is InChI=1S/C39H39N7O4/c1-2-19-45(36(48)21-27-10-5-3-6-11-27)26-35(47)44-39-40-24-31(25-41-39)29-15-17-32-30(23-29)16-18-34(42-32)43-38(50)33-14-9-20-46(33)37(49)22-28-12-7-4-8-13-28/h3-8,10-13,15-18,23-25,33H,2,9,14,19-22,26H2,1H3,(H,42,43,50)(H,40,41,44,47)/t33-/m0/s1. The number of benzene rings is 3. The molecule has 2 aromatic heterocycles. The molecule has 0 unspecified atom stereocenters. The molecule has 1 saturated heterocycles. The second-order valence-electron chi connectivity index (χ2n) is 12.3. The van der Waals surface area contributed by atoms with Crippen LogP contribution >= 0.6 is 0 Å². The SMILES string of the molecule is CCCN(CC(=O)Nc1ncc(-c2ccc3nc(NC(=O)[C@@H]4CCCN4C(=O)Cc4ccccc4)ccc3c2)cn1)C(=O)Cc1ccccc1. The number of likely N-dealkylation sites (tertiary alicyclic amines) is 1. The van der Waals surface area contributed by atoms with Gasteiger partial charge in [-0.15, -0.1) is 0 Å². The highest BCUT2D eigenvalue weighted by molar-refractivity contribution is 5.98. The molecule has 0 saturated carbocycles. The molecule has 3 heterocycles. The lowest BCUT2D eigenvalue weighted by Crippen LogP contribution is -2.43. The summed E-state index contributed by atoms with van der Waals surface area (Å²) in [6.07, 6.45) is 5.86. The fraction of sp³-hybridized carbons (Fsp3) is 0.256. The molecule has 1 aliphatic heterocycles. The van der Waals surface area contributed by atoms with Gasteiger partial charge in [-0.2, -0.15) is 0 Å². The molecule has 0 aliphatic carbocycles. The van der Waals surface area contributed by atoms with Crippen LogP contribution in [0.15, 0.2) is 103 Å². The maximum absolute atomic E-state index is 13.2. The van der Waals surface area contributed by atoms with Gasteiger partial charge in [0, 0.05) is 36.4 Å². The molecule has 11 heteroatoms. The van der Waals surface area contributed by atoms with E-state index in [1.54, 1.807) is 28.3 Å². The largest absolute Gasteiger partial charge is 0.333 e. The van der Waals surface area contributed by atoms with Crippen molar-refractivity contribution in [3.05, 3.63) is 115 Å². The number of amides is 4. The van der Waals surface area contributed by atoms with Crippen LogP contribution in [-0.2, 0) is 32.0 Å². The molecule has 1 fully saturated rings. The molecule has 0 spiro atoms. The average Bonchev–Trinajstić information content (AvgIpc) is 3.63. The van der Waals surface area contributed by atoms with E-state index in [4.69, 9.17) is 0 Å². The van der Waals surface area contributed by atoms with Crippen LogP contribution in [-0.4, -0.2) is 74.1 Å². The van der Waals surface area contributed by atoms with Gasteiger partial charge < -0.3 is 15.1 Å². The highest BCUT2D eigenvalue weighted by Gasteiger charge is 2.34. The van der Waals surface area contributed by atoms with Crippen molar-refractivity contribution in [1.82, 2.24) is 24.8 Å². The van der Waals surface area contributed by atoms with Crippen molar-refractivity contribution < 1.29 is 19.2 Å². The van der Waals surface area contributed by atoms with E-state index in [-0.39, 0.29) is 49.0 Å². The van der Waals surface area contributed by atoms with Crippen molar-refractivity contribution in [2.24, 2.45) is 0 Å². The van der Waals surface area contributed by atoms with Gasteiger partial charge in [0.25, 0.3) is 0 Å². The predicted octanol–water partition coefficient (Wildman–Crippen LogP) is 5.28. The first-order valence-corrected chi connectivity index (χ1v) is 16.9.